The Hall–Kier alpha value is -2.14. The van der Waals surface area contributed by atoms with Crippen molar-refractivity contribution >= 4 is 28.9 Å². The maximum absolute atomic E-state index is 13.1. The summed E-state index contributed by atoms with van der Waals surface area (Å²) in [6.07, 6.45) is 0. The van der Waals surface area contributed by atoms with Gasteiger partial charge in [-0.25, -0.2) is 8.78 Å². The van der Waals surface area contributed by atoms with Crippen molar-refractivity contribution in [3.8, 4) is 0 Å². The third-order valence-electron chi connectivity index (χ3n) is 2.44. The van der Waals surface area contributed by atoms with Gasteiger partial charge in [-0.3, -0.25) is 4.79 Å². The van der Waals surface area contributed by atoms with E-state index in [0.717, 1.165) is 24.3 Å². The van der Waals surface area contributed by atoms with Crippen LogP contribution in [0, 0.1) is 11.6 Å². The van der Waals surface area contributed by atoms with Crippen molar-refractivity contribution in [1.29, 1.82) is 0 Å². The van der Waals surface area contributed by atoms with E-state index in [1.54, 1.807) is 0 Å². The fourth-order valence-electron chi connectivity index (χ4n) is 1.51. The molecule has 0 saturated heterocycles. The summed E-state index contributed by atoms with van der Waals surface area (Å²) in [7, 11) is 0. The molecule has 0 aliphatic heterocycles. The number of carbonyl (C=O) groups is 1. The lowest BCUT2D eigenvalue weighted by Crippen LogP contribution is -2.14. The predicted molar refractivity (Wildman–Crippen MR) is 70.2 cm³/mol. The van der Waals surface area contributed by atoms with E-state index in [0.29, 0.717) is 0 Å². The SMILES string of the molecule is Nc1ccc(F)cc1C(=O)Nc1ccc(F)cc1Cl. The zero-order chi connectivity index (χ0) is 14.0. The molecule has 0 unspecified atom stereocenters. The Kier molecular flexibility index (Phi) is 3.66. The molecule has 0 radical (unpaired) electrons. The highest BCUT2D eigenvalue weighted by atomic mass is 35.5. The molecular formula is C13H9ClF2N2O. The molecule has 0 spiro atoms. The summed E-state index contributed by atoms with van der Waals surface area (Å²) in [5.74, 6) is -1.72. The number of nitrogens with one attached hydrogen (secondary N) is 1. The number of halogens is 3. The van der Waals surface area contributed by atoms with Crippen LogP contribution < -0.4 is 11.1 Å². The topological polar surface area (TPSA) is 55.1 Å². The minimum Gasteiger partial charge on any atom is -0.398 e. The molecule has 0 heterocycles. The van der Waals surface area contributed by atoms with Crippen molar-refractivity contribution in [3.63, 3.8) is 0 Å². The Morgan fingerprint density at radius 3 is 2.42 bits per heavy atom. The fourth-order valence-corrected chi connectivity index (χ4v) is 1.72. The van der Waals surface area contributed by atoms with Crippen molar-refractivity contribution in [1.82, 2.24) is 0 Å². The van der Waals surface area contributed by atoms with Gasteiger partial charge in [0.2, 0.25) is 0 Å². The molecule has 2 rings (SSSR count). The van der Waals surface area contributed by atoms with Gasteiger partial charge in [0.15, 0.2) is 0 Å². The number of anilines is 2. The van der Waals surface area contributed by atoms with Crippen LogP contribution >= 0.6 is 11.6 Å². The van der Waals surface area contributed by atoms with E-state index in [1.807, 2.05) is 0 Å². The molecule has 0 aromatic heterocycles. The summed E-state index contributed by atoms with van der Waals surface area (Å²) in [6.45, 7) is 0. The van der Waals surface area contributed by atoms with Crippen molar-refractivity contribution in [2.24, 2.45) is 0 Å². The van der Waals surface area contributed by atoms with Crippen molar-refractivity contribution < 1.29 is 13.6 Å². The van der Waals surface area contributed by atoms with Gasteiger partial charge in [-0.2, -0.15) is 0 Å². The minimum atomic E-state index is -0.620. The van der Waals surface area contributed by atoms with E-state index in [9.17, 15) is 13.6 Å². The van der Waals surface area contributed by atoms with E-state index in [4.69, 9.17) is 17.3 Å². The Morgan fingerprint density at radius 1 is 1.11 bits per heavy atom. The second-order valence-corrected chi connectivity index (χ2v) is 4.22. The van der Waals surface area contributed by atoms with E-state index in [2.05, 4.69) is 5.32 Å². The van der Waals surface area contributed by atoms with Crippen LogP contribution in [0.15, 0.2) is 36.4 Å². The minimum absolute atomic E-state index is 0.0135. The van der Waals surface area contributed by atoms with Gasteiger partial charge in [0.25, 0.3) is 5.91 Å². The van der Waals surface area contributed by atoms with Gasteiger partial charge in [0.05, 0.1) is 16.3 Å². The van der Waals surface area contributed by atoms with Gasteiger partial charge < -0.3 is 11.1 Å². The van der Waals surface area contributed by atoms with Crippen LogP contribution in [0.1, 0.15) is 10.4 Å². The molecule has 2 aromatic carbocycles. The maximum Gasteiger partial charge on any atom is 0.257 e. The third-order valence-corrected chi connectivity index (χ3v) is 2.75. The number of nitrogen functional groups attached to an aromatic ring is 1. The van der Waals surface area contributed by atoms with Crippen LogP contribution in [0.3, 0.4) is 0 Å². The molecule has 3 N–H and O–H groups in total. The summed E-state index contributed by atoms with van der Waals surface area (Å²) in [5, 5.41) is 2.48. The Balaban J connectivity index is 2.28. The van der Waals surface area contributed by atoms with Crippen LogP contribution in [-0.4, -0.2) is 5.91 Å². The van der Waals surface area contributed by atoms with Gasteiger partial charge in [0.1, 0.15) is 11.6 Å². The summed E-state index contributed by atoms with van der Waals surface area (Å²) in [4.78, 5) is 11.9. The Labute approximate surface area is 113 Å². The lowest BCUT2D eigenvalue weighted by Gasteiger charge is -2.09. The average Bonchev–Trinajstić information content (AvgIpc) is 2.35. The number of benzene rings is 2. The largest absolute Gasteiger partial charge is 0.398 e. The van der Waals surface area contributed by atoms with Crippen LogP contribution in [0.25, 0.3) is 0 Å². The first kappa shape index (κ1) is 13.3. The van der Waals surface area contributed by atoms with E-state index >= 15 is 0 Å². The number of nitrogens with two attached hydrogens (primary N) is 1. The van der Waals surface area contributed by atoms with E-state index in [1.165, 1.54) is 12.1 Å². The summed E-state index contributed by atoms with van der Waals surface area (Å²) < 4.78 is 25.9. The highest BCUT2D eigenvalue weighted by Crippen LogP contribution is 2.24. The molecular weight excluding hydrogens is 274 g/mol. The van der Waals surface area contributed by atoms with Gasteiger partial charge in [0, 0.05) is 5.69 Å². The van der Waals surface area contributed by atoms with Crippen LogP contribution in [0.5, 0.6) is 0 Å². The molecule has 0 saturated carbocycles. The number of hydrogen-bond donors (Lipinski definition) is 2. The predicted octanol–water partition coefficient (Wildman–Crippen LogP) is 3.45. The van der Waals surface area contributed by atoms with Crippen LogP contribution in [0.4, 0.5) is 20.2 Å². The van der Waals surface area contributed by atoms with Gasteiger partial charge in [-0.1, -0.05) is 11.6 Å². The first-order valence-electron chi connectivity index (χ1n) is 5.29. The molecule has 0 bridgehead atoms. The van der Waals surface area contributed by atoms with Crippen molar-refractivity contribution in [2.75, 3.05) is 11.1 Å². The summed E-state index contributed by atoms with van der Waals surface area (Å²) >= 11 is 5.77. The Bertz CT molecular complexity index is 647. The normalized spacial score (nSPS) is 10.3. The smallest absolute Gasteiger partial charge is 0.257 e. The summed E-state index contributed by atoms with van der Waals surface area (Å²) in [6, 6.07) is 6.98. The van der Waals surface area contributed by atoms with Crippen molar-refractivity contribution in [2.45, 2.75) is 0 Å². The second-order valence-electron chi connectivity index (χ2n) is 3.81. The molecule has 6 heteroatoms. The number of rotatable bonds is 2. The molecule has 98 valence electrons. The second kappa shape index (κ2) is 5.24. The average molecular weight is 283 g/mol. The lowest BCUT2D eigenvalue weighted by atomic mass is 10.1. The quantitative estimate of drug-likeness (QED) is 0.829. The zero-order valence-electron chi connectivity index (χ0n) is 9.58. The van der Waals surface area contributed by atoms with Gasteiger partial charge in [-0.15, -0.1) is 0 Å². The first-order chi connectivity index (χ1) is 8.97. The van der Waals surface area contributed by atoms with Crippen LogP contribution in [-0.2, 0) is 0 Å². The van der Waals surface area contributed by atoms with Crippen molar-refractivity contribution in [3.05, 3.63) is 58.6 Å². The first-order valence-corrected chi connectivity index (χ1v) is 5.66. The van der Waals surface area contributed by atoms with E-state index < -0.39 is 17.5 Å². The molecule has 2 aromatic rings. The van der Waals surface area contributed by atoms with E-state index in [-0.39, 0.29) is 22.0 Å². The number of carbonyl (C=O) groups excluding carboxylic acids is 1. The molecule has 3 nitrogen and oxygen atoms in total. The highest BCUT2D eigenvalue weighted by molar-refractivity contribution is 6.34. The Morgan fingerprint density at radius 2 is 1.74 bits per heavy atom. The third kappa shape index (κ3) is 3.00. The zero-order valence-corrected chi connectivity index (χ0v) is 10.3. The lowest BCUT2D eigenvalue weighted by molar-refractivity contribution is 0.102. The fraction of sp³-hybridized carbons (Fsp3) is 0. The molecule has 0 aliphatic carbocycles. The monoisotopic (exact) mass is 282 g/mol. The molecule has 0 fully saturated rings. The maximum atomic E-state index is 13.1. The standard InChI is InChI=1S/C13H9ClF2N2O/c14-10-6-8(16)2-4-12(10)18-13(19)9-5-7(15)1-3-11(9)17/h1-6H,17H2,(H,18,19). The highest BCUT2D eigenvalue weighted by Gasteiger charge is 2.13. The molecule has 0 atom stereocenters. The van der Waals surface area contributed by atoms with Gasteiger partial charge >= 0.3 is 0 Å². The van der Waals surface area contributed by atoms with Gasteiger partial charge in [-0.05, 0) is 36.4 Å². The molecule has 1 amide bonds. The number of hydrogen-bond acceptors (Lipinski definition) is 2. The summed E-state index contributed by atoms with van der Waals surface area (Å²) in [5.41, 5.74) is 5.93. The molecule has 0 aliphatic rings. The van der Waals surface area contributed by atoms with Crippen LogP contribution in [0.2, 0.25) is 5.02 Å². The molecule has 19 heavy (non-hydrogen) atoms. The number of amides is 1.